The zero-order valence-corrected chi connectivity index (χ0v) is 23.0. The normalized spacial score (nSPS) is 13.5. The lowest BCUT2D eigenvalue weighted by Crippen LogP contribution is -2.47. The minimum atomic E-state index is -1.82. The largest absolute Gasteiger partial charge is 0.493 e. The summed E-state index contributed by atoms with van der Waals surface area (Å²) < 4.78 is 22.8. The van der Waals surface area contributed by atoms with Gasteiger partial charge in [0.25, 0.3) is 0 Å². The van der Waals surface area contributed by atoms with Crippen LogP contribution < -0.4 is 18.9 Å². The van der Waals surface area contributed by atoms with Crippen LogP contribution in [0.3, 0.4) is 0 Å². The monoisotopic (exact) mass is 552 g/mol. The van der Waals surface area contributed by atoms with Crippen LogP contribution in [0.4, 0.5) is 0 Å². The highest BCUT2D eigenvalue weighted by Gasteiger charge is 2.21. The molecule has 0 radical (unpaired) electrons. The maximum atomic E-state index is 9.10. The molecule has 10 nitrogen and oxygen atoms in total. The molecule has 40 heavy (non-hydrogen) atoms. The molecule has 3 aromatic carbocycles. The maximum Gasteiger partial charge on any atom is 0.414 e. The molecule has 0 spiro atoms. The summed E-state index contributed by atoms with van der Waals surface area (Å²) in [6.45, 7) is 6.43. The van der Waals surface area contributed by atoms with E-state index in [1.165, 1.54) is 5.56 Å². The summed E-state index contributed by atoms with van der Waals surface area (Å²) in [5, 5.41) is 14.8. The molecule has 0 amide bonds. The van der Waals surface area contributed by atoms with Crippen molar-refractivity contribution in [3.8, 4) is 34.1 Å². The van der Waals surface area contributed by atoms with Gasteiger partial charge in [-0.2, -0.15) is 0 Å². The van der Waals surface area contributed by atoms with Crippen molar-refractivity contribution >= 4 is 11.9 Å². The van der Waals surface area contributed by atoms with Crippen molar-refractivity contribution < 1.29 is 38.7 Å². The summed E-state index contributed by atoms with van der Waals surface area (Å²) in [7, 11) is 4.96. The summed E-state index contributed by atoms with van der Waals surface area (Å²) in [6, 6.07) is 22.7. The Kier molecular flexibility index (Phi) is 11.6. The number of nitrogens with zero attached hydrogens (tertiary/aromatic N) is 2. The van der Waals surface area contributed by atoms with Crippen LogP contribution in [-0.4, -0.2) is 92.6 Å². The van der Waals surface area contributed by atoms with E-state index >= 15 is 0 Å². The van der Waals surface area contributed by atoms with E-state index < -0.39 is 11.9 Å². The molecule has 1 aliphatic rings. The molecule has 0 bridgehead atoms. The third-order valence-corrected chi connectivity index (χ3v) is 6.46. The average Bonchev–Trinajstić information content (AvgIpc) is 2.98. The van der Waals surface area contributed by atoms with Crippen molar-refractivity contribution in [1.82, 2.24) is 9.80 Å². The second-order valence-corrected chi connectivity index (χ2v) is 8.93. The molecule has 1 fully saturated rings. The molecule has 0 atom stereocenters. The van der Waals surface area contributed by atoms with Crippen molar-refractivity contribution in [2.75, 3.05) is 60.7 Å². The lowest BCUT2D eigenvalue weighted by molar-refractivity contribution is -0.159. The predicted octanol–water partition coefficient (Wildman–Crippen LogP) is 3.73. The van der Waals surface area contributed by atoms with Crippen molar-refractivity contribution in [3.05, 3.63) is 72.3 Å². The number of carbonyl (C=O) groups is 2. The van der Waals surface area contributed by atoms with Gasteiger partial charge >= 0.3 is 11.9 Å². The van der Waals surface area contributed by atoms with Crippen LogP contribution in [0.1, 0.15) is 5.56 Å². The highest BCUT2D eigenvalue weighted by molar-refractivity contribution is 6.27. The number of benzene rings is 3. The highest BCUT2D eigenvalue weighted by Crippen LogP contribution is 2.40. The fraction of sp³-hybridized carbons (Fsp3) is 0.333. The van der Waals surface area contributed by atoms with E-state index in [-0.39, 0.29) is 0 Å². The summed E-state index contributed by atoms with van der Waals surface area (Å²) in [4.78, 5) is 23.1. The van der Waals surface area contributed by atoms with E-state index in [2.05, 4.69) is 58.3 Å². The van der Waals surface area contributed by atoms with Gasteiger partial charge in [0.15, 0.2) is 11.5 Å². The van der Waals surface area contributed by atoms with Crippen molar-refractivity contribution in [3.63, 3.8) is 0 Å². The van der Waals surface area contributed by atoms with E-state index in [1.54, 1.807) is 21.3 Å². The zero-order chi connectivity index (χ0) is 28.9. The smallest absolute Gasteiger partial charge is 0.414 e. The second kappa shape index (κ2) is 15.3. The Balaban J connectivity index is 0.000000663. The summed E-state index contributed by atoms with van der Waals surface area (Å²) in [5.41, 5.74) is 3.42. The van der Waals surface area contributed by atoms with Crippen LogP contribution >= 0.6 is 0 Å². The molecule has 2 N–H and O–H groups in total. The van der Waals surface area contributed by atoms with Crippen LogP contribution in [0.5, 0.6) is 23.0 Å². The van der Waals surface area contributed by atoms with Gasteiger partial charge in [0.2, 0.25) is 5.75 Å². The van der Waals surface area contributed by atoms with Gasteiger partial charge in [0, 0.05) is 50.4 Å². The number of methoxy groups -OCH3 is 3. The van der Waals surface area contributed by atoms with Crippen LogP contribution in [0.2, 0.25) is 0 Å². The van der Waals surface area contributed by atoms with Gasteiger partial charge in [0.05, 0.1) is 21.3 Å². The number of para-hydroxylation sites is 1. The number of rotatable bonds is 10. The van der Waals surface area contributed by atoms with E-state index in [1.807, 2.05) is 18.2 Å². The van der Waals surface area contributed by atoms with Gasteiger partial charge in [-0.3, -0.25) is 9.80 Å². The zero-order valence-electron chi connectivity index (χ0n) is 23.0. The van der Waals surface area contributed by atoms with E-state index in [0.717, 1.165) is 61.9 Å². The Morgan fingerprint density at radius 2 is 1.30 bits per heavy atom. The quantitative estimate of drug-likeness (QED) is 0.360. The first kappa shape index (κ1) is 30.3. The Hall–Kier alpha value is -4.28. The third kappa shape index (κ3) is 8.36. The Morgan fingerprint density at radius 3 is 1.90 bits per heavy atom. The van der Waals surface area contributed by atoms with E-state index in [0.29, 0.717) is 18.1 Å². The molecule has 1 saturated heterocycles. The van der Waals surface area contributed by atoms with Crippen LogP contribution in [0.25, 0.3) is 11.1 Å². The van der Waals surface area contributed by atoms with Crippen molar-refractivity contribution in [2.45, 2.75) is 6.54 Å². The molecular formula is C30H36N2O8. The first-order valence-corrected chi connectivity index (χ1v) is 12.8. The van der Waals surface area contributed by atoms with Crippen LogP contribution in [0, 0.1) is 0 Å². The molecule has 0 aliphatic carbocycles. The topological polar surface area (TPSA) is 118 Å². The number of hydrogen-bond acceptors (Lipinski definition) is 8. The fourth-order valence-corrected chi connectivity index (χ4v) is 4.43. The fourth-order valence-electron chi connectivity index (χ4n) is 4.43. The minimum Gasteiger partial charge on any atom is -0.493 e. The number of ether oxygens (including phenoxy) is 4. The summed E-state index contributed by atoms with van der Waals surface area (Å²) in [6.07, 6.45) is 0. The van der Waals surface area contributed by atoms with E-state index in [4.69, 9.17) is 38.7 Å². The maximum absolute atomic E-state index is 9.10. The highest BCUT2D eigenvalue weighted by atomic mass is 16.5. The van der Waals surface area contributed by atoms with Gasteiger partial charge in [-0.05, 0) is 17.7 Å². The Morgan fingerprint density at radius 1 is 0.700 bits per heavy atom. The number of hydrogen-bond donors (Lipinski definition) is 2. The second-order valence-electron chi connectivity index (χ2n) is 8.93. The van der Waals surface area contributed by atoms with Gasteiger partial charge in [0.1, 0.15) is 12.4 Å². The van der Waals surface area contributed by atoms with E-state index in [9.17, 15) is 0 Å². The number of carboxylic acids is 2. The van der Waals surface area contributed by atoms with Crippen molar-refractivity contribution in [2.24, 2.45) is 0 Å². The lowest BCUT2D eigenvalue weighted by Gasteiger charge is -2.35. The first-order valence-electron chi connectivity index (χ1n) is 12.8. The molecule has 0 unspecified atom stereocenters. The molecule has 1 aliphatic heterocycles. The summed E-state index contributed by atoms with van der Waals surface area (Å²) in [5.74, 6) is -0.636. The molecule has 10 heteroatoms. The van der Waals surface area contributed by atoms with Crippen molar-refractivity contribution in [1.29, 1.82) is 0 Å². The standard InChI is InChI=1S/C28H34N2O4.C2H2O4/c1-31-26-14-13-23(27(32-2)28(26)33-3)21-30-17-15-29(16-18-30)19-20-34-25-12-8-7-11-24(25)22-9-5-4-6-10-22;3-1(4)2(5)6/h4-14H,15-21H2,1-3H3;(H,3,4)(H,5,6). The minimum absolute atomic E-state index is 0.647. The molecule has 214 valence electrons. The Bertz CT molecular complexity index is 1230. The first-order chi connectivity index (χ1) is 19.4. The number of piperazine rings is 1. The lowest BCUT2D eigenvalue weighted by atomic mass is 10.1. The number of aliphatic carboxylic acids is 2. The van der Waals surface area contributed by atoms with Crippen LogP contribution in [0.15, 0.2) is 66.7 Å². The van der Waals surface area contributed by atoms with Gasteiger partial charge in [-0.1, -0.05) is 54.6 Å². The third-order valence-electron chi connectivity index (χ3n) is 6.46. The predicted molar refractivity (Wildman–Crippen MR) is 150 cm³/mol. The SMILES string of the molecule is COc1ccc(CN2CCN(CCOc3ccccc3-c3ccccc3)CC2)c(OC)c1OC.O=C(O)C(=O)O. The average molecular weight is 553 g/mol. The van der Waals surface area contributed by atoms with Gasteiger partial charge in [-0.15, -0.1) is 0 Å². The van der Waals surface area contributed by atoms with Gasteiger partial charge < -0.3 is 29.2 Å². The molecular weight excluding hydrogens is 516 g/mol. The molecule has 0 aromatic heterocycles. The molecule has 1 heterocycles. The van der Waals surface area contributed by atoms with Crippen LogP contribution in [-0.2, 0) is 16.1 Å². The Labute approximate surface area is 234 Å². The summed E-state index contributed by atoms with van der Waals surface area (Å²) >= 11 is 0. The number of carboxylic acid groups (broad SMARTS) is 2. The van der Waals surface area contributed by atoms with Gasteiger partial charge in [-0.25, -0.2) is 9.59 Å². The molecule has 3 aromatic rings. The molecule has 0 saturated carbocycles. The molecule has 4 rings (SSSR count).